The Hall–Kier alpha value is -2.20. The largest absolute Gasteiger partial charge is 0.441 e. The van der Waals surface area contributed by atoms with Gasteiger partial charge < -0.3 is 9.73 Å². The molecule has 3 rings (SSSR count). The van der Waals surface area contributed by atoms with Crippen LogP contribution in [0.2, 0.25) is 0 Å². The van der Waals surface area contributed by atoms with Crippen molar-refractivity contribution in [1.29, 1.82) is 0 Å². The molecule has 0 amide bonds. The lowest BCUT2D eigenvalue weighted by Crippen LogP contribution is -2.19. The number of nitrogens with zero attached hydrogens (tertiary/aromatic N) is 2. The van der Waals surface area contributed by atoms with Crippen molar-refractivity contribution in [3.05, 3.63) is 59.7 Å². The molecule has 0 bridgehead atoms. The van der Waals surface area contributed by atoms with E-state index in [1.807, 2.05) is 38.4 Å². The Morgan fingerprint density at radius 3 is 2.90 bits per heavy atom. The molecule has 2 aromatic heterocycles. The van der Waals surface area contributed by atoms with Crippen molar-refractivity contribution >= 4 is 11.1 Å². The predicted octanol–water partition coefficient (Wildman–Crippen LogP) is 2.88. The molecule has 4 nitrogen and oxygen atoms in total. The van der Waals surface area contributed by atoms with E-state index in [0.29, 0.717) is 5.89 Å². The maximum absolute atomic E-state index is 5.62. The quantitative estimate of drug-likeness (QED) is 0.789. The van der Waals surface area contributed by atoms with Crippen molar-refractivity contribution < 1.29 is 4.42 Å². The van der Waals surface area contributed by atoms with Gasteiger partial charge in [-0.25, -0.2) is 4.98 Å². The topological polar surface area (TPSA) is 51.0 Å². The summed E-state index contributed by atoms with van der Waals surface area (Å²) in [5, 5.41) is 3.23. The minimum absolute atomic E-state index is 0.205. The molecule has 0 saturated heterocycles. The number of oxazole rings is 1. The van der Waals surface area contributed by atoms with Crippen molar-refractivity contribution in [3.8, 4) is 0 Å². The summed E-state index contributed by atoms with van der Waals surface area (Å²) in [5.41, 5.74) is 3.96. The molecule has 102 valence electrons. The Bertz CT molecular complexity index is 706. The van der Waals surface area contributed by atoms with E-state index >= 15 is 0 Å². The number of rotatable bonds is 4. The fourth-order valence-electron chi connectivity index (χ4n) is 2.45. The first-order valence-electron chi connectivity index (χ1n) is 6.70. The molecule has 0 aliphatic heterocycles. The first kappa shape index (κ1) is 12.8. The second-order valence-electron chi connectivity index (χ2n) is 4.82. The fourth-order valence-corrected chi connectivity index (χ4v) is 2.45. The summed E-state index contributed by atoms with van der Waals surface area (Å²) < 4.78 is 5.62. The van der Waals surface area contributed by atoms with E-state index in [9.17, 15) is 0 Å². The monoisotopic (exact) mass is 267 g/mol. The molecule has 0 fully saturated rings. The second-order valence-corrected chi connectivity index (χ2v) is 4.82. The fraction of sp³-hybridized carbons (Fsp3) is 0.250. The summed E-state index contributed by atoms with van der Waals surface area (Å²) in [6.45, 7) is 2.69. The number of hydrogen-bond acceptors (Lipinski definition) is 4. The van der Waals surface area contributed by atoms with Gasteiger partial charge in [-0.15, -0.1) is 0 Å². The van der Waals surface area contributed by atoms with E-state index in [1.165, 1.54) is 5.56 Å². The third kappa shape index (κ3) is 2.42. The Labute approximate surface area is 117 Å². The van der Waals surface area contributed by atoms with E-state index in [4.69, 9.17) is 4.42 Å². The Kier molecular flexibility index (Phi) is 3.48. The van der Waals surface area contributed by atoms with Crippen LogP contribution in [0.4, 0.5) is 0 Å². The molecule has 0 saturated carbocycles. The van der Waals surface area contributed by atoms with Gasteiger partial charge in [-0.3, -0.25) is 4.98 Å². The van der Waals surface area contributed by atoms with Crippen LogP contribution in [-0.2, 0) is 0 Å². The number of nitrogens with one attached hydrogen (secondary N) is 1. The minimum atomic E-state index is 0.205. The lowest BCUT2D eigenvalue weighted by molar-refractivity contribution is 0.560. The van der Waals surface area contributed by atoms with Gasteiger partial charge >= 0.3 is 0 Å². The summed E-state index contributed by atoms with van der Waals surface area (Å²) in [6, 6.07) is 12.2. The molecular formula is C16H17N3O. The normalized spacial score (nSPS) is 12.7. The molecule has 0 spiro atoms. The molecule has 0 radical (unpaired) electrons. The van der Waals surface area contributed by atoms with Crippen LogP contribution in [0.5, 0.6) is 0 Å². The van der Waals surface area contributed by atoms with Crippen LogP contribution in [0.25, 0.3) is 11.1 Å². The van der Waals surface area contributed by atoms with Gasteiger partial charge in [0.05, 0.1) is 0 Å². The zero-order valence-corrected chi connectivity index (χ0v) is 11.6. The SMILES string of the molecule is CNCC(c1ccc2nc(C)oc2c1)c1ccccn1. The number of hydrogen-bond donors (Lipinski definition) is 1. The number of likely N-dealkylation sites (N-methyl/N-ethyl adjacent to an activating group) is 1. The maximum atomic E-state index is 5.62. The first-order valence-corrected chi connectivity index (χ1v) is 6.70. The summed E-state index contributed by atoms with van der Waals surface area (Å²) in [5.74, 6) is 0.899. The minimum Gasteiger partial charge on any atom is -0.441 e. The first-order chi connectivity index (χ1) is 9.78. The van der Waals surface area contributed by atoms with Crippen molar-refractivity contribution in [2.75, 3.05) is 13.6 Å². The van der Waals surface area contributed by atoms with Gasteiger partial charge in [0.15, 0.2) is 11.5 Å². The van der Waals surface area contributed by atoms with Crippen molar-refractivity contribution in [2.24, 2.45) is 0 Å². The standard InChI is InChI=1S/C16H17N3O/c1-11-19-15-7-6-12(9-16(15)20-11)13(10-17-2)14-5-3-4-8-18-14/h3-9,13,17H,10H2,1-2H3. The van der Waals surface area contributed by atoms with Gasteiger partial charge in [-0.2, -0.15) is 0 Å². The van der Waals surface area contributed by atoms with Gasteiger partial charge in [0.1, 0.15) is 5.52 Å². The molecule has 1 N–H and O–H groups in total. The molecule has 2 heterocycles. The Morgan fingerprint density at radius 1 is 1.25 bits per heavy atom. The molecule has 20 heavy (non-hydrogen) atoms. The highest BCUT2D eigenvalue weighted by atomic mass is 16.3. The van der Waals surface area contributed by atoms with Crippen LogP contribution >= 0.6 is 0 Å². The summed E-state index contributed by atoms with van der Waals surface area (Å²) in [4.78, 5) is 8.81. The molecule has 1 atom stereocenters. The van der Waals surface area contributed by atoms with Crippen LogP contribution < -0.4 is 5.32 Å². The van der Waals surface area contributed by atoms with Gasteiger partial charge in [0.2, 0.25) is 0 Å². The Balaban J connectivity index is 2.04. The summed E-state index contributed by atoms with van der Waals surface area (Å²) in [7, 11) is 1.95. The number of aryl methyl sites for hydroxylation is 1. The van der Waals surface area contributed by atoms with Crippen molar-refractivity contribution in [1.82, 2.24) is 15.3 Å². The van der Waals surface area contributed by atoms with E-state index in [-0.39, 0.29) is 5.92 Å². The number of pyridine rings is 1. The van der Waals surface area contributed by atoms with E-state index in [0.717, 1.165) is 23.3 Å². The zero-order valence-electron chi connectivity index (χ0n) is 11.6. The highest BCUT2D eigenvalue weighted by Crippen LogP contribution is 2.26. The number of fused-ring (bicyclic) bond motifs is 1. The molecular weight excluding hydrogens is 250 g/mol. The summed E-state index contributed by atoms with van der Waals surface area (Å²) >= 11 is 0. The lowest BCUT2D eigenvalue weighted by atomic mass is 9.95. The third-order valence-corrected chi connectivity index (χ3v) is 3.37. The van der Waals surface area contributed by atoms with Gasteiger partial charge in [-0.1, -0.05) is 12.1 Å². The van der Waals surface area contributed by atoms with E-state index in [1.54, 1.807) is 0 Å². The number of aromatic nitrogens is 2. The molecule has 0 aliphatic rings. The summed E-state index contributed by atoms with van der Waals surface area (Å²) in [6.07, 6.45) is 1.83. The van der Waals surface area contributed by atoms with E-state index in [2.05, 4.69) is 33.5 Å². The highest BCUT2D eigenvalue weighted by molar-refractivity contribution is 5.73. The number of benzene rings is 1. The van der Waals surface area contributed by atoms with Crippen LogP contribution in [0.15, 0.2) is 47.0 Å². The average molecular weight is 267 g/mol. The predicted molar refractivity (Wildman–Crippen MR) is 78.8 cm³/mol. The molecule has 3 aromatic rings. The van der Waals surface area contributed by atoms with Crippen molar-refractivity contribution in [2.45, 2.75) is 12.8 Å². The van der Waals surface area contributed by atoms with Crippen LogP contribution in [0.3, 0.4) is 0 Å². The maximum Gasteiger partial charge on any atom is 0.192 e. The van der Waals surface area contributed by atoms with Crippen molar-refractivity contribution in [3.63, 3.8) is 0 Å². The third-order valence-electron chi connectivity index (χ3n) is 3.37. The van der Waals surface area contributed by atoms with Crippen LogP contribution in [0, 0.1) is 6.92 Å². The zero-order chi connectivity index (χ0) is 13.9. The lowest BCUT2D eigenvalue weighted by Gasteiger charge is -2.16. The highest BCUT2D eigenvalue weighted by Gasteiger charge is 2.16. The average Bonchev–Trinajstić information content (AvgIpc) is 2.84. The van der Waals surface area contributed by atoms with Gasteiger partial charge in [0.25, 0.3) is 0 Å². The molecule has 1 unspecified atom stereocenters. The molecule has 4 heteroatoms. The van der Waals surface area contributed by atoms with Gasteiger partial charge in [0, 0.05) is 31.3 Å². The second kappa shape index (κ2) is 5.43. The van der Waals surface area contributed by atoms with Crippen LogP contribution in [0.1, 0.15) is 23.1 Å². The molecule has 0 aliphatic carbocycles. The Morgan fingerprint density at radius 2 is 2.15 bits per heavy atom. The van der Waals surface area contributed by atoms with Crippen LogP contribution in [-0.4, -0.2) is 23.6 Å². The van der Waals surface area contributed by atoms with E-state index < -0.39 is 0 Å². The van der Waals surface area contributed by atoms with Gasteiger partial charge in [-0.05, 0) is 36.9 Å². The smallest absolute Gasteiger partial charge is 0.192 e. The molecule has 1 aromatic carbocycles.